The molecule has 1 heterocycles. The van der Waals surface area contributed by atoms with Crippen LogP contribution in [0.25, 0.3) is 5.57 Å². The van der Waals surface area contributed by atoms with Crippen LogP contribution in [0.5, 0.6) is 0 Å². The molecular formula is C21H24N2O3S. The first-order valence-electron chi connectivity index (χ1n) is 9.14. The second-order valence-electron chi connectivity index (χ2n) is 6.52. The summed E-state index contributed by atoms with van der Waals surface area (Å²) in [5.41, 5.74) is 2.47. The Morgan fingerprint density at radius 2 is 1.67 bits per heavy atom. The Kier molecular flexibility index (Phi) is 5.65. The highest BCUT2D eigenvalue weighted by Gasteiger charge is 2.39. The minimum atomic E-state index is -3.95. The molecule has 0 saturated carbocycles. The van der Waals surface area contributed by atoms with Crippen molar-refractivity contribution >= 4 is 27.2 Å². The number of benzene rings is 2. The van der Waals surface area contributed by atoms with Gasteiger partial charge in [0.05, 0.1) is 5.69 Å². The van der Waals surface area contributed by atoms with E-state index in [1.807, 2.05) is 42.5 Å². The van der Waals surface area contributed by atoms with E-state index >= 15 is 0 Å². The van der Waals surface area contributed by atoms with Gasteiger partial charge in [-0.05, 0) is 18.1 Å². The van der Waals surface area contributed by atoms with Gasteiger partial charge in [0.25, 0.3) is 15.9 Å². The van der Waals surface area contributed by atoms with Crippen LogP contribution in [0, 0.1) is 0 Å². The van der Waals surface area contributed by atoms with Crippen LogP contribution >= 0.6 is 0 Å². The lowest BCUT2D eigenvalue weighted by molar-refractivity contribution is -0.116. The van der Waals surface area contributed by atoms with Gasteiger partial charge in [-0.2, -0.15) is 0 Å². The molecule has 0 fully saturated rings. The van der Waals surface area contributed by atoms with Gasteiger partial charge in [-0.1, -0.05) is 68.3 Å². The first kappa shape index (κ1) is 19.2. The maximum Gasteiger partial charge on any atom is 0.270 e. The standard InChI is InChI=1S/C21H24N2O3S/c1-3-4-10-15-22-21(24)20-19(16-11-6-5-7-12-16)17-13-8-9-14-18(17)23(2)27(20,25)26/h5-9,11-14H,3-4,10,15H2,1-2H3,(H,22,24). The van der Waals surface area contributed by atoms with E-state index in [1.54, 1.807) is 12.1 Å². The molecule has 0 aromatic heterocycles. The molecule has 1 aliphatic heterocycles. The Bertz CT molecular complexity index is 966. The highest BCUT2D eigenvalue weighted by molar-refractivity contribution is 7.97. The quantitative estimate of drug-likeness (QED) is 0.775. The highest BCUT2D eigenvalue weighted by atomic mass is 32.2. The van der Waals surface area contributed by atoms with Crippen molar-refractivity contribution in [3.05, 3.63) is 70.6 Å². The Hall–Kier alpha value is -2.60. The smallest absolute Gasteiger partial charge is 0.270 e. The number of rotatable bonds is 6. The Balaban J connectivity index is 2.18. The third-order valence-electron chi connectivity index (χ3n) is 4.69. The number of para-hydroxylation sites is 1. The lowest BCUT2D eigenvalue weighted by atomic mass is 9.95. The number of amides is 1. The molecule has 2 aromatic rings. The first-order valence-corrected chi connectivity index (χ1v) is 10.6. The Morgan fingerprint density at radius 1 is 1.00 bits per heavy atom. The van der Waals surface area contributed by atoms with E-state index in [0.717, 1.165) is 24.8 Å². The molecule has 0 spiro atoms. The number of nitrogens with one attached hydrogen (secondary N) is 1. The predicted molar refractivity (Wildman–Crippen MR) is 109 cm³/mol. The van der Waals surface area contributed by atoms with Crippen molar-refractivity contribution in [1.29, 1.82) is 0 Å². The summed E-state index contributed by atoms with van der Waals surface area (Å²) in [6.45, 7) is 2.54. The van der Waals surface area contributed by atoms with Gasteiger partial charge < -0.3 is 5.32 Å². The number of unbranched alkanes of at least 4 members (excludes halogenated alkanes) is 2. The van der Waals surface area contributed by atoms with Gasteiger partial charge in [-0.3, -0.25) is 9.10 Å². The fraction of sp³-hybridized carbons (Fsp3) is 0.286. The van der Waals surface area contributed by atoms with Gasteiger partial charge >= 0.3 is 0 Å². The van der Waals surface area contributed by atoms with Crippen LogP contribution in [-0.4, -0.2) is 27.9 Å². The molecule has 6 heteroatoms. The van der Waals surface area contributed by atoms with E-state index in [-0.39, 0.29) is 4.91 Å². The van der Waals surface area contributed by atoms with Gasteiger partial charge in [0.15, 0.2) is 4.91 Å². The lowest BCUT2D eigenvalue weighted by Gasteiger charge is -2.30. The lowest BCUT2D eigenvalue weighted by Crippen LogP contribution is -2.39. The number of anilines is 1. The molecule has 3 rings (SSSR count). The molecule has 0 unspecified atom stereocenters. The fourth-order valence-corrected chi connectivity index (χ4v) is 4.74. The van der Waals surface area contributed by atoms with E-state index in [0.29, 0.717) is 23.4 Å². The van der Waals surface area contributed by atoms with Gasteiger partial charge in [-0.15, -0.1) is 0 Å². The zero-order valence-corrected chi connectivity index (χ0v) is 16.4. The van der Waals surface area contributed by atoms with Gasteiger partial charge in [0.2, 0.25) is 0 Å². The summed E-state index contributed by atoms with van der Waals surface area (Å²) in [5.74, 6) is -0.550. The molecule has 2 aromatic carbocycles. The van der Waals surface area contributed by atoms with E-state index in [2.05, 4.69) is 12.2 Å². The van der Waals surface area contributed by atoms with Gasteiger partial charge in [-0.25, -0.2) is 8.42 Å². The van der Waals surface area contributed by atoms with Crippen molar-refractivity contribution in [2.75, 3.05) is 17.9 Å². The van der Waals surface area contributed by atoms with Crippen LogP contribution in [0.3, 0.4) is 0 Å². The number of hydrogen-bond donors (Lipinski definition) is 1. The number of hydrogen-bond acceptors (Lipinski definition) is 3. The maximum atomic E-state index is 13.2. The van der Waals surface area contributed by atoms with Crippen LogP contribution in [0.15, 0.2) is 59.5 Å². The Labute approximate surface area is 160 Å². The van der Waals surface area contributed by atoms with Crippen LogP contribution < -0.4 is 9.62 Å². The van der Waals surface area contributed by atoms with Crippen molar-refractivity contribution < 1.29 is 13.2 Å². The number of fused-ring (bicyclic) bond motifs is 1. The predicted octanol–water partition coefficient (Wildman–Crippen LogP) is 3.53. The number of carbonyl (C=O) groups is 1. The highest BCUT2D eigenvalue weighted by Crippen LogP contribution is 2.41. The normalized spacial score (nSPS) is 15.4. The second-order valence-corrected chi connectivity index (χ2v) is 8.43. The largest absolute Gasteiger partial charge is 0.351 e. The van der Waals surface area contributed by atoms with Crippen LogP contribution in [0.1, 0.15) is 37.3 Å². The minimum Gasteiger partial charge on any atom is -0.351 e. The summed E-state index contributed by atoms with van der Waals surface area (Å²) < 4.78 is 27.6. The number of nitrogens with zero attached hydrogens (tertiary/aromatic N) is 1. The molecule has 142 valence electrons. The van der Waals surface area contributed by atoms with Crippen molar-refractivity contribution in [2.45, 2.75) is 26.2 Å². The molecule has 0 aliphatic carbocycles. The van der Waals surface area contributed by atoms with Crippen LogP contribution in [-0.2, 0) is 14.8 Å². The maximum absolute atomic E-state index is 13.2. The average Bonchev–Trinajstić information content (AvgIpc) is 2.68. The van der Waals surface area contributed by atoms with Crippen molar-refractivity contribution in [3.63, 3.8) is 0 Å². The summed E-state index contributed by atoms with van der Waals surface area (Å²) in [7, 11) is -2.47. The van der Waals surface area contributed by atoms with E-state index in [4.69, 9.17) is 0 Å². The van der Waals surface area contributed by atoms with E-state index < -0.39 is 15.9 Å². The number of carbonyl (C=O) groups excluding carboxylic acids is 1. The van der Waals surface area contributed by atoms with E-state index in [9.17, 15) is 13.2 Å². The van der Waals surface area contributed by atoms with Gasteiger partial charge in [0.1, 0.15) is 0 Å². The number of sulfonamides is 1. The molecule has 1 aliphatic rings. The molecule has 5 nitrogen and oxygen atoms in total. The molecule has 27 heavy (non-hydrogen) atoms. The summed E-state index contributed by atoms with van der Waals surface area (Å²) in [4.78, 5) is 12.8. The molecule has 0 bridgehead atoms. The second kappa shape index (κ2) is 7.96. The van der Waals surface area contributed by atoms with Crippen LogP contribution in [0.4, 0.5) is 5.69 Å². The third kappa shape index (κ3) is 3.62. The molecule has 1 amide bonds. The monoisotopic (exact) mass is 384 g/mol. The molecule has 0 saturated heterocycles. The average molecular weight is 385 g/mol. The topological polar surface area (TPSA) is 66.5 Å². The van der Waals surface area contributed by atoms with Crippen molar-refractivity contribution in [2.24, 2.45) is 0 Å². The molecule has 1 N–H and O–H groups in total. The minimum absolute atomic E-state index is 0.189. The third-order valence-corrected chi connectivity index (χ3v) is 6.52. The summed E-state index contributed by atoms with van der Waals surface area (Å²) >= 11 is 0. The summed E-state index contributed by atoms with van der Waals surface area (Å²) in [6, 6.07) is 16.5. The van der Waals surface area contributed by atoms with Gasteiger partial charge in [0, 0.05) is 24.7 Å². The molecule has 0 atom stereocenters. The molecular weight excluding hydrogens is 360 g/mol. The van der Waals surface area contributed by atoms with Crippen molar-refractivity contribution in [1.82, 2.24) is 5.32 Å². The first-order chi connectivity index (χ1) is 13.0. The Morgan fingerprint density at radius 3 is 2.37 bits per heavy atom. The van der Waals surface area contributed by atoms with Crippen LogP contribution in [0.2, 0.25) is 0 Å². The fourth-order valence-electron chi connectivity index (χ4n) is 3.26. The van der Waals surface area contributed by atoms with Crippen molar-refractivity contribution in [3.8, 4) is 0 Å². The zero-order chi connectivity index (χ0) is 19.4. The summed E-state index contributed by atoms with van der Waals surface area (Å²) in [6.07, 6.45) is 2.84. The summed E-state index contributed by atoms with van der Waals surface area (Å²) in [5, 5.41) is 2.79. The van der Waals surface area contributed by atoms with E-state index in [1.165, 1.54) is 11.4 Å². The molecule has 0 radical (unpaired) electrons. The SMILES string of the molecule is CCCCCNC(=O)C1=C(c2ccccc2)c2ccccc2N(C)S1(=O)=O. The zero-order valence-electron chi connectivity index (χ0n) is 15.6.